The average molecular weight is 183 g/mol. The highest BCUT2D eigenvalue weighted by atomic mass is 32.3. The van der Waals surface area contributed by atoms with Crippen LogP contribution in [0.3, 0.4) is 0 Å². The Kier molecular flexibility index (Phi) is 5.03. The van der Waals surface area contributed by atoms with E-state index in [1.165, 1.54) is 6.26 Å². The standard InChI is InChI=1S/C6H17NO3S/c1-4-7(5-6-10-2)11(3,8)9/h8-9H,4-6H2,1-3H3. The maximum atomic E-state index is 9.21. The SMILES string of the molecule is CCN(CCOC)S(C)(O)O. The fraction of sp³-hybridized carbons (Fsp3) is 1.00. The van der Waals surface area contributed by atoms with Gasteiger partial charge in [-0.05, 0) is 0 Å². The van der Waals surface area contributed by atoms with E-state index >= 15 is 0 Å². The molecule has 0 amide bonds. The zero-order valence-corrected chi connectivity index (χ0v) is 8.10. The van der Waals surface area contributed by atoms with Gasteiger partial charge in [-0.15, -0.1) is 10.8 Å². The van der Waals surface area contributed by atoms with E-state index < -0.39 is 10.8 Å². The van der Waals surface area contributed by atoms with Crippen molar-refractivity contribution in [2.45, 2.75) is 6.92 Å². The Hall–Kier alpha value is 0.190. The van der Waals surface area contributed by atoms with Crippen molar-refractivity contribution < 1.29 is 13.8 Å². The molecule has 0 fully saturated rings. The molecule has 0 saturated heterocycles. The lowest BCUT2D eigenvalue weighted by Gasteiger charge is -2.38. The zero-order valence-electron chi connectivity index (χ0n) is 7.28. The second-order valence-electron chi connectivity index (χ2n) is 2.31. The molecule has 0 saturated carbocycles. The minimum atomic E-state index is -2.53. The van der Waals surface area contributed by atoms with Gasteiger partial charge in [0.05, 0.1) is 6.61 Å². The van der Waals surface area contributed by atoms with Crippen molar-refractivity contribution in [2.24, 2.45) is 0 Å². The highest BCUT2D eigenvalue weighted by Crippen LogP contribution is 2.37. The number of nitrogens with zero attached hydrogens (tertiary/aromatic N) is 1. The number of likely N-dealkylation sites (N-methyl/N-ethyl adjacent to an activating group) is 1. The van der Waals surface area contributed by atoms with E-state index in [1.54, 1.807) is 11.4 Å². The quantitative estimate of drug-likeness (QED) is 0.673. The molecule has 70 valence electrons. The van der Waals surface area contributed by atoms with E-state index in [4.69, 9.17) is 4.74 Å². The number of hydrogen-bond acceptors (Lipinski definition) is 4. The normalized spacial score (nSPS) is 14.0. The Labute approximate surface area is 69.6 Å². The summed E-state index contributed by atoms with van der Waals surface area (Å²) >= 11 is 0. The molecule has 5 heteroatoms. The van der Waals surface area contributed by atoms with Crippen molar-refractivity contribution in [1.82, 2.24) is 4.31 Å². The summed E-state index contributed by atoms with van der Waals surface area (Å²) in [6.07, 6.45) is 1.42. The topological polar surface area (TPSA) is 52.9 Å². The van der Waals surface area contributed by atoms with Gasteiger partial charge in [0.1, 0.15) is 0 Å². The summed E-state index contributed by atoms with van der Waals surface area (Å²) < 4.78 is 24.8. The first kappa shape index (κ1) is 11.2. The van der Waals surface area contributed by atoms with Crippen LogP contribution in [0.25, 0.3) is 0 Å². The minimum Gasteiger partial charge on any atom is -0.383 e. The summed E-state index contributed by atoms with van der Waals surface area (Å²) in [6.45, 7) is 3.60. The van der Waals surface area contributed by atoms with Gasteiger partial charge in [-0.2, -0.15) is 0 Å². The Morgan fingerprint density at radius 3 is 2.27 bits per heavy atom. The molecule has 11 heavy (non-hydrogen) atoms. The molecule has 0 unspecified atom stereocenters. The fourth-order valence-corrected chi connectivity index (χ4v) is 1.68. The van der Waals surface area contributed by atoms with Crippen LogP contribution in [0.5, 0.6) is 0 Å². The molecule has 0 bridgehead atoms. The van der Waals surface area contributed by atoms with E-state index in [-0.39, 0.29) is 0 Å². The van der Waals surface area contributed by atoms with E-state index in [2.05, 4.69) is 0 Å². The lowest BCUT2D eigenvalue weighted by Crippen LogP contribution is -2.29. The van der Waals surface area contributed by atoms with Crippen LogP contribution in [-0.2, 0) is 4.74 Å². The molecule has 4 nitrogen and oxygen atoms in total. The van der Waals surface area contributed by atoms with Crippen LogP contribution >= 0.6 is 10.8 Å². The first-order valence-corrected chi connectivity index (χ1v) is 5.40. The molecule has 0 aromatic rings. The zero-order chi connectivity index (χ0) is 8.91. The van der Waals surface area contributed by atoms with Gasteiger partial charge < -0.3 is 4.74 Å². The number of rotatable bonds is 5. The Bertz CT molecular complexity index is 104. The third kappa shape index (κ3) is 4.60. The van der Waals surface area contributed by atoms with Crippen LogP contribution in [-0.4, -0.2) is 46.5 Å². The number of hydrogen-bond donors (Lipinski definition) is 2. The second-order valence-corrected chi connectivity index (χ2v) is 4.41. The summed E-state index contributed by atoms with van der Waals surface area (Å²) in [5.41, 5.74) is 0. The van der Waals surface area contributed by atoms with Crippen LogP contribution in [0.2, 0.25) is 0 Å². The fourth-order valence-electron chi connectivity index (χ4n) is 0.769. The van der Waals surface area contributed by atoms with E-state index in [9.17, 15) is 9.11 Å². The molecule has 0 spiro atoms. The van der Waals surface area contributed by atoms with Crippen LogP contribution in [0.15, 0.2) is 0 Å². The maximum absolute atomic E-state index is 9.21. The van der Waals surface area contributed by atoms with Crippen molar-refractivity contribution in [1.29, 1.82) is 0 Å². The summed E-state index contributed by atoms with van der Waals surface area (Å²) in [4.78, 5) is 0. The lowest BCUT2D eigenvalue weighted by molar-refractivity contribution is 0.176. The largest absolute Gasteiger partial charge is 0.383 e. The van der Waals surface area contributed by atoms with Gasteiger partial charge in [-0.1, -0.05) is 6.92 Å². The minimum absolute atomic E-state index is 0.525. The first-order chi connectivity index (χ1) is 5.02. The van der Waals surface area contributed by atoms with Crippen molar-refractivity contribution in [3.05, 3.63) is 0 Å². The first-order valence-electron chi connectivity index (χ1n) is 3.49. The molecule has 0 radical (unpaired) electrons. The Balaban J connectivity index is 3.76. The molecular weight excluding hydrogens is 166 g/mol. The van der Waals surface area contributed by atoms with Crippen LogP contribution < -0.4 is 0 Å². The average Bonchev–Trinajstić information content (AvgIpc) is 1.87. The molecule has 2 N–H and O–H groups in total. The number of methoxy groups -OCH3 is 1. The van der Waals surface area contributed by atoms with Crippen LogP contribution in [0, 0.1) is 0 Å². The van der Waals surface area contributed by atoms with Gasteiger partial charge >= 0.3 is 0 Å². The highest BCUT2D eigenvalue weighted by Gasteiger charge is 2.13. The van der Waals surface area contributed by atoms with Crippen molar-refractivity contribution in [3.8, 4) is 0 Å². The monoisotopic (exact) mass is 183 g/mol. The van der Waals surface area contributed by atoms with Crippen LogP contribution in [0.1, 0.15) is 6.92 Å². The van der Waals surface area contributed by atoms with E-state index in [0.29, 0.717) is 19.7 Å². The van der Waals surface area contributed by atoms with Crippen molar-refractivity contribution >= 4 is 10.8 Å². The maximum Gasteiger partial charge on any atom is 0.0606 e. The molecule has 0 aromatic carbocycles. The molecule has 0 atom stereocenters. The van der Waals surface area contributed by atoms with Crippen molar-refractivity contribution in [2.75, 3.05) is 33.1 Å². The Morgan fingerprint density at radius 1 is 1.45 bits per heavy atom. The molecule has 0 aliphatic rings. The predicted molar refractivity (Wildman–Crippen MR) is 47.9 cm³/mol. The molecule has 0 heterocycles. The molecule has 0 aliphatic carbocycles. The van der Waals surface area contributed by atoms with E-state index in [0.717, 1.165) is 0 Å². The van der Waals surface area contributed by atoms with E-state index in [1.807, 2.05) is 6.92 Å². The highest BCUT2D eigenvalue weighted by molar-refractivity contribution is 8.21. The predicted octanol–water partition coefficient (Wildman–Crippen LogP) is 1.25. The third-order valence-corrected chi connectivity index (χ3v) is 2.81. The summed E-state index contributed by atoms with van der Waals surface area (Å²) in [7, 11) is -0.941. The van der Waals surface area contributed by atoms with Gasteiger partial charge in [0, 0.05) is 26.5 Å². The molecular formula is C6H17NO3S. The Morgan fingerprint density at radius 2 is 2.00 bits per heavy atom. The molecule has 0 aliphatic heterocycles. The van der Waals surface area contributed by atoms with Gasteiger partial charge in [-0.3, -0.25) is 9.11 Å². The number of ether oxygens (including phenoxy) is 1. The summed E-state index contributed by atoms with van der Waals surface area (Å²) in [6, 6.07) is 0. The van der Waals surface area contributed by atoms with Gasteiger partial charge in [0.15, 0.2) is 0 Å². The molecule has 0 rings (SSSR count). The molecule has 0 aromatic heterocycles. The lowest BCUT2D eigenvalue weighted by atomic mass is 10.6. The third-order valence-electron chi connectivity index (χ3n) is 1.39. The van der Waals surface area contributed by atoms with Crippen LogP contribution in [0.4, 0.5) is 0 Å². The van der Waals surface area contributed by atoms with Gasteiger partial charge in [0.25, 0.3) is 0 Å². The van der Waals surface area contributed by atoms with Gasteiger partial charge in [0.2, 0.25) is 0 Å². The smallest absolute Gasteiger partial charge is 0.0606 e. The summed E-state index contributed by atoms with van der Waals surface area (Å²) in [5, 5.41) is 0. The van der Waals surface area contributed by atoms with Crippen molar-refractivity contribution in [3.63, 3.8) is 0 Å². The van der Waals surface area contributed by atoms with Gasteiger partial charge in [-0.25, -0.2) is 4.31 Å². The second kappa shape index (κ2) is 4.95. The summed E-state index contributed by atoms with van der Waals surface area (Å²) in [5.74, 6) is 0.